The molecule has 2 saturated heterocycles. The first-order chi connectivity index (χ1) is 17.0. The summed E-state index contributed by atoms with van der Waals surface area (Å²) in [5.41, 5.74) is 3.89. The molecule has 6 rings (SSSR count). The minimum Gasteiger partial charge on any atom is -0.352 e. The number of imide groups is 2. The summed E-state index contributed by atoms with van der Waals surface area (Å²) >= 11 is 0. The highest BCUT2D eigenvalue weighted by Crippen LogP contribution is 2.32. The fourth-order valence-corrected chi connectivity index (χ4v) is 5.65. The van der Waals surface area contributed by atoms with E-state index in [4.69, 9.17) is 4.98 Å². The third-order valence-corrected chi connectivity index (χ3v) is 7.51. The second-order valence-corrected chi connectivity index (χ2v) is 9.76. The molecule has 0 radical (unpaired) electrons. The molecule has 5 heterocycles. The van der Waals surface area contributed by atoms with Gasteiger partial charge in [0.2, 0.25) is 11.8 Å². The molecule has 2 N–H and O–H groups in total. The molecule has 0 aliphatic carbocycles. The number of carbonyl (C=O) groups is 4. The number of rotatable bonds is 4. The second-order valence-electron chi connectivity index (χ2n) is 9.76. The lowest BCUT2D eigenvalue weighted by molar-refractivity contribution is -0.136. The highest BCUT2D eigenvalue weighted by molar-refractivity contribution is 6.23. The first-order valence-corrected chi connectivity index (χ1v) is 12.3. The maximum atomic E-state index is 13.2. The topological polar surface area (TPSA) is 112 Å². The fourth-order valence-electron chi connectivity index (χ4n) is 5.65. The average Bonchev–Trinajstić information content (AvgIpc) is 3.47. The van der Waals surface area contributed by atoms with Crippen LogP contribution in [0.5, 0.6) is 0 Å². The van der Waals surface area contributed by atoms with Crippen molar-refractivity contribution >= 4 is 29.4 Å². The molecule has 1 aromatic heterocycles. The Kier molecular flexibility index (Phi) is 5.36. The van der Waals surface area contributed by atoms with Gasteiger partial charge in [-0.25, -0.2) is 4.98 Å². The van der Waals surface area contributed by atoms with Gasteiger partial charge in [0.05, 0.1) is 11.1 Å². The van der Waals surface area contributed by atoms with Gasteiger partial charge in [-0.1, -0.05) is 12.1 Å². The van der Waals surface area contributed by atoms with Crippen LogP contribution in [-0.4, -0.2) is 59.2 Å². The molecule has 180 valence electrons. The summed E-state index contributed by atoms with van der Waals surface area (Å²) in [7, 11) is 0. The van der Waals surface area contributed by atoms with Crippen LogP contribution < -0.4 is 15.5 Å². The van der Waals surface area contributed by atoms with Crippen LogP contribution in [-0.2, 0) is 22.6 Å². The van der Waals surface area contributed by atoms with Crippen LogP contribution >= 0.6 is 0 Å². The number of nitrogens with one attached hydrogen (secondary N) is 2. The SMILES string of the molecule is O=C1CCC(N2C(=O)c3ccc(CN4CCCc5ccc(C6CCNC6)nc54)cc3C2=O)C(=O)N1. The highest BCUT2D eigenvalue weighted by Gasteiger charge is 2.44. The molecule has 35 heavy (non-hydrogen) atoms. The summed E-state index contributed by atoms with van der Waals surface area (Å²) in [5, 5.41) is 5.64. The number of aromatic nitrogens is 1. The lowest BCUT2D eigenvalue weighted by Crippen LogP contribution is -2.54. The van der Waals surface area contributed by atoms with Crippen molar-refractivity contribution in [1.29, 1.82) is 0 Å². The Labute approximate surface area is 202 Å². The number of nitrogens with zero attached hydrogens (tertiary/aromatic N) is 3. The van der Waals surface area contributed by atoms with E-state index in [1.54, 1.807) is 12.1 Å². The van der Waals surface area contributed by atoms with E-state index >= 15 is 0 Å². The Morgan fingerprint density at radius 2 is 1.83 bits per heavy atom. The van der Waals surface area contributed by atoms with Crippen molar-refractivity contribution in [2.75, 3.05) is 24.5 Å². The number of benzene rings is 1. The van der Waals surface area contributed by atoms with Gasteiger partial charge in [-0.3, -0.25) is 29.4 Å². The second kappa shape index (κ2) is 8.57. The Morgan fingerprint density at radius 3 is 2.63 bits per heavy atom. The molecule has 2 atom stereocenters. The number of carbonyl (C=O) groups excluding carboxylic acids is 4. The number of piperidine rings is 1. The third kappa shape index (κ3) is 3.80. The van der Waals surface area contributed by atoms with Gasteiger partial charge in [0.15, 0.2) is 0 Å². The van der Waals surface area contributed by atoms with E-state index in [0.717, 1.165) is 60.9 Å². The number of aryl methyl sites for hydroxylation is 1. The number of fused-ring (bicyclic) bond motifs is 2. The molecule has 0 saturated carbocycles. The minimum atomic E-state index is -0.954. The predicted octanol–water partition coefficient (Wildman–Crippen LogP) is 1.51. The molecule has 1 aromatic carbocycles. The number of hydrogen-bond acceptors (Lipinski definition) is 7. The molecule has 2 unspecified atom stereocenters. The first-order valence-electron chi connectivity index (χ1n) is 12.3. The van der Waals surface area contributed by atoms with Gasteiger partial charge in [0.1, 0.15) is 11.9 Å². The van der Waals surface area contributed by atoms with Gasteiger partial charge < -0.3 is 10.2 Å². The van der Waals surface area contributed by atoms with Crippen molar-refractivity contribution in [2.45, 2.75) is 50.6 Å². The molecule has 4 amide bonds. The number of pyridine rings is 1. The zero-order valence-electron chi connectivity index (χ0n) is 19.4. The van der Waals surface area contributed by atoms with Crippen LogP contribution in [0, 0.1) is 0 Å². The Bertz CT molecular complexity index is 1250. The van der Waals surface area contributed by atoms with Crippen molar-refractivity contribution in [3.8, 4) is 0 Å². The molecule has 0 spiro atoms. The van der Waals surface area contributed by atoms with E-state index in [9.17, 15) is 19.2 Å². The minimum absolute atomic E-state index is 0.106. The molecule has 0 bridgehead atoms. The van der Waals surface area contributed by atoms with Gasteiger partial charge in [0, 0.05) is 37.7 Å². The average molecular weight is 474 g/mol. The molecular formula is C26H27N5O4. The lowest BCUT2D eigenvalue weighted by Gasteiger charge is -2.31. The standard InChI is InChI=1S/C26H27N5O4/c32-22-8-7-21(24(33)29-22)31-25(34)18-5-3-15(12-19(18)26(31)35)14-30-11-1-2-16-4-6-20(28-23(16)30)17-9-10-27-13-17/h3-6,12,17,21,27H,1-2,7-11,13-14H2,(H,29,32,33). The molecule has 9 nitrogen and oxygen atoms in total. The lowest BCUT2D eigenvalue weighted by atomic mass is 9.99. The Hall–Kier alpha value is -3.59. The van der Waals surface area contributed by atoms with E-state index in [2.05, 4.69) is 27.7 Å². The fraction of sp³-hybridized carbons (Fsp3) is 0.423. The van der Waals surface area contributed by atoms with Gasteiger partial charge in [-0.2, -0.15) is 0 Å². The van der Waals surface area contributed by atoms with Gasteiger partial charge >= 0.3 is 0 Å². The molecule has 4 aliphatic rings. The quantitative estimate of drug-likeness (QED) is 0.648. The normalized spacial score (nSPS) is 24.0. The molecule has 9 heteroatoms. The van der Waals surface area contributed by atoms with E-state index in [1.165, 1.54) is 5.56 Å². The Morgan fingerprint density at radius 1 is 0.971 bits per heavy atom. The molecule has 4 aliphatic heterocycles. The zero-order chi connectivity index (χ0) is 24.1. The van der Waals surface area contributed by atoms with E-state index in [-0.39, 0.29) is 18.7 Å². The summed E-state index contributed by atoms with van der Waals surface area (Å²) in [5.74, 6) is -0.492. The van der Waals surface area contributed by atoms with Crippen molar-refractivity contribution in [2.24, 2.45) is 0 Å². The summed E-state index contributed by atoms with van der Waals surface area (Å²) in [6.07, 6.45) is 3.38. The Balaban J connectivity index is 1.25. The summed E-state index contributed by atoms with van der Waals surface area (Å²) < 4.78 is 0. The van der Waals surface area contributed by atoms with Crippen molar-refractivity contribution in [3.63, 3.8) is 0 Å². The summed E-state index contributed by atoms with van der Waals surface area (Å²) in [6, 6.07) is 8.71. The largest absolute Gasteiger partial charge is 0.352 e. The predicted molar refractivity (Wildman–Crippen MR) is 127 cm³/mol. The third-order valence-electron chi connectivity index (χ3n) is 7.51. The highest BCUT2D eigenvalue weighted by atomic mass is 16.2. The van der Waals surface area contributed by atoms with Crippen molar-refractivity contribution < 1.29 is 19.2 Å². The summed E-state index contributed by atoms with van der Waals surface area (Å²) in [6.45, 7) is 3.43. The summed E-state index contributed by atoms with van der Waals surface area (Å²) in [4.78, 5) is 58.3. The van der Waals surface area contributed by atoms with Gasteiger partial charge in [-0.05, 0) is 61.6 Å². The van der Waals surface area contributed by atoms with Crippen LogP contribution in [0.25, 0.3) is 0 Å². The van der Waals surface area contributed by atoms with E-state index in [1.807, 2.05) is 6.07 Å². The molecular weight excluding hydrogens is 446 g/mol. The van der Waals surface area contributed by atoms with Crippen molar-refractivity contribution in [3.05, 3.63) is 58.3 Å². The van der Waals surface area contributed by atoms with Gasteiger partial charge in [0.25, 0.3) is 11.8 Å². The number of amides is 4. The number of anilines is 1. The van der Waals surface area contributed by atoms with Crippen LogP contribution in [0.15, 0.2) is 30.3 Å². The first kappa shape index (κ1) is 21.9. The van der Waals surface area contributed by atoms with Gasteiger partial charge in [-0.15, -0.1) is 0 Å². The zero-order valence-corrected chi connectivity index (χ0v) is 19.4. The van der Waals surface area contributed by atoms with Crippen LogP contribution in [0.4, 0.5) is 5.82 Å². The molecule has 2 fully saturated rings. The number of hydrogen-bond donors (Lipinski definition) is 2. The monoisotopic (exact) mass is 473 g/mol. The van der Waals surface area contributed by atoms with Crippen LogP contribution in [0.1, 0.15) is 69.1 Å². The van der Waals surface area contributed by atoms with Crippen LogP contribution in [0.3, 0.4) is 0 Å². The smallest absolute Gasteiger partial charge is 0.262 e. The van der Waals surface area contributed by atoms with Crippen LogP contribution in [0.2, 0.25) is 0 Å². The van der Waals surface area contributed by atoms with Crippen molar-refractivity contribution in [1.82, 2.24) is 20.5 Å². The molecule has 2 aromatic rings. The van der Waals surface area contributed by atoms with E-state index < -0.39 is 23.8 Å². The maximum absolute atomic E-state index is 13.2. The van der Waals surface area contributed by atoms with E-state index in [0.29, 0.717) is 23.6 Å². The maximum Gasteiger partial charge on any atom is 0.262 e.